The fourth-order valence-electron chi connectivity index (χ4n) is 1.37. The molecule has 1 N–H and O–H groups in total. The maximum atomic E-state index is 6.93. The molecule has 0 amide bonds. The topological polar surface area (TPSA) is 23.9 Å². The van der Waals surface area contributed by atoms with Crippen LogP contribution >= 0.6 is 0 Å². The van der Waals surface area contributed by atoms with Crippen LogP contribution < -0.4 is 0 Å². The first-order valence-electron chi connectivity index (χ1n) is 4.40. The molecule has 0 aliphatic carbocycles. The molecule has 1 aromatic carbocycles. The second-order valence-electron chi connectivity index (χ2n) is 3.26. The molecule has 1 heteroatoms. The van der Waals surface area contributed by atoms with Gasteiger partial charge in [0.2, 0.25) is 0 Å². The molecule has 0 saturated heterocycles. The van der Waals surface area contributed by atoms with E-state index in [-0.39, 0.29) is 0 Å². The zero-order chi connectivity index (χ0) is 9.84. The van der Waals surface area contributed by atoms with Crippen LogP contribution in [0.4, 0.5) is 0 Å². The Kier molecular flexibility index (Phi) is 3.02. The summed E-state index contributed by atoms with van der Waals surface area (Å²) in [4.78, 5) is 0. The van der Waals surface area contributed by atoms with Crippen molar-refractivity contribution in [3.8, 4) is 0 Å². The maximum Gasteiger partial charge on any atom is 0.0177 e. The van der Waals surface area contributed by atoms with Crippen LogP contribution in [0, 0.1) is 26.2 Å². The van der Waals surface area contributed by atoms with Crippen LogP contribution in [0.15, 0.2) is 18.2 Å². The average molecular weight is 173 g/mol. The summed E-state index contributed by atoms with van der Waals surface area (Å²) in [6.45, 7) is 6.32. The van der Waals surface area contributed by atoms with Gasteiger partial charge in [-0.25, -0.2) is 0 Å². The summed E-state index contributed by atoms with van der Waals surface area (Å²) in [6.07, 6.45) is 5.06. The van der Waals surface area contributed by atoms with Crippen LogP contribution in [-0.4, -0.2) is 6.21 Å². The summed E-state index contributed by atoms with van der Waals surface area (Å²) >= 11 is 0. The first-order chi connectivity index (χ1) is 6.16. The van der Waals surface area contributed by atoms with Crippen LogP contribution in [0.25, 0.3) is 6.08 Å². The molecule has 0 fully saturated rings. The third-order valence-electron chi connectivity index (χ3n) is 2.36. The molecule has 13 heavy (non-hydrogen) atoms. The van der Waals surface area contributed by atoms with Gasteiger partial charge in [-0.15, -0.1) is 0 Å². The lowest BCUT2D eigenvalue weighted by Gasteiger charge is -2.07. The Bertz CT molecular complexity index is 348. The molecule has 0 aliphatic heterocycles. The molecular formula is C12H15N. The molecule has 0 heterocycles. The van der Waals surface area contributed by atoms with Crippen molar-refractivity contribution in [2.45, 2.75) is 20.8 Å². The fraction of sp³-hybridized carbons (Fsp3) is 0.250. The smallest absolute Gasteiger partial charge is 0.0177 e. The number of nitrogens with one attached hydrogen (secondary N) is 1. The van der Waals surface area contributed by atoms with Gasteiger partial charge in [0.05, 0.1) is 0 Å². The quantitative estimate of drug-likeness (QED) is 0.664. The van der Waals surface area contributed by atoms with Gasteiger partial charge in [0.25, 0.3) is 0 Å². The third-order valence-corrected chi connectivity index (χ3v) is 2.36. The van der Waals surface area contributed by atoms with Crippen molar-refractivity contribution in [3.63, 3.8) is 0 Å². The molecule has 0 atom stereocenters. The van der Waals surface area contributed by atoms with Crippen molar-refractivity contribution in [1.29, 1.82) is 5.41 Å². The zero-order valence-electron chi connectivity index (χ0n) is 8.39. The van der Waals surface area contributed by atoms with Crippen molar-refractivity contribution >= 4 is 12.3 Å². The Hall–Kier alpha value is -1.37. The number of hydrogen-bond donors (Lipinski definition) is 1. The predicted molar refractivity (Wildman–Crippen MR) is 58.5 cm³/mol. The third kappa shape index (κ3) is 2.05. The summed E-state index contributed by atoms with van der Waals surface area (Å²) in [5.41, 5.74) is 5.11. The minimum atomic E-state index is 1.24. The van der Waals surface area contributed by atoms with Gasteiger partial charge in [-0.05, 0) is 49.1 Å². The Morgan fingerprint density at radius 1 is 1.08 bits per heavy atom. The van der Waals surface area contributed by atoms with Crippen LogP contribution in [0.3, 0.4) is 0 Å². The van der Waals surface area contributed by atoms with Crippen molar-refractivity contribution in [3.05, 3.63) is 40.5 Å². The molecule has 0 aliphatic rings. The number of allylic oxidation sites excluding steroid dienone is 1. The van der Waals surface area contributed by atoms with Crippen LogP contribution in [0.1, 0.15) is 22.3 Å². The van der Waals surface area contributed by atoms with E-state index in [1.54, 1.807) is 6.08 Å². The first kappa shape index (κ1) is 9.72. The zero-order valence-corrected chi connectivity index (χ0v) is 8.39. The molecule has 0 aromatic heterocycles. The van der Waals surface area contributed by atoms with Gasteiger partial charge in [-0.3, -0.25) is 0 Å². The number of benzene rings is 1. The van der Waals surface area contributed by atoms with Crippen LogP contribution in [0.2, 0.25) is 0 Å². The molecule has 68 valence electrons. The van der Waals surface area contributed by atoms with Crippen molar-refractivity contribution in [2.75, 3.05) is 0 Å². The van der Waals surface area contributed by atoms with Crippen LogP contribution in [0.5, 0.6) is 0 Å². The van der Waals surface area contributed by atoms with E-state index in [4.69, 9.17) is 5.41 Å². The molecule has 0 unspecified atom stereocenters. The monoisotopic (exact) mass is 173 g/mol. The highest BCUT2D eigenvalue weighted by Gasteiger charge is 2.00. The van der Waals surface area contributed by atoms with Gasteiger partial charge in [0.15, 0.2) is 0 Å². The molecule has 1 nitrogen and oxygen atoms in total. The summed E-state index contributed by atoms with van der Waals surface area (Å²) in [7, 11) is 0. The van der Waals surface area contributed by atoms with Gasteiger partial charge in [-0.1, -0.05) is 18.2 Å². The van der Waals surface area contributed by atoms with Gasteiger partial charge >= 0.3 is 0 Å². The molecule has 0 bridgehead atoms. The maximum absolute atomic E-state index is 6.93. The SMILES string of the molecule is Cc1ccc(C)c(/C=C\C=N)c1C. The number of hydrogen-bond acceptors (Lipinski definition) is 1. The highest BCUT2D eigenvalue weighted by atomic mass is 14.3. The fourth-order valence-corrected chi connectivity index (χ4v) is 1.37. The Balaban J connectivity index is 3.25. The molecule has 0 spiro atoms. The van der Waals surface area contributed by atoms with Gasteiger partial charge < -0.3 is 5.41 Å². The first-order valence-corrected chi connectivity index (χ1v) is 4.40. The lowest BCUT2D eigenvalue weighted by molar-refractivity contribution is 1.28. The molecular weight excluding hydrogens is 158 g/mol. The Morgan fingerprint density at radius 3 is 2.31 bits per heavy atom. The van der Waals surface area contributed by atoms with E-state index in [1.165, 1.54) is 28.5 Å². The minimum Gasteiger partial charge on any atom is -0.309 e. The number of aryl methyl sites for hydroxylation is 2. The van der Waals surface area contributed by atoms with Gasteiger partial charge in [-0.2, -0.15) is 0 Å². The largest absolute Gasteiger partial charge is 0.309 e. The van der Waals surface area contributed by atoms with E-state index in [0.717, 1.165) is 0 Å². The van der Waals surface area contributed by atoms with Crippen LogP contribution in [-0.2, 0) is 0 Å². The van der Waals surface area contributed by atoms with Gasteiger partial charge in [0.1, 0.15) is 0 Å². The van der Waals surface area contributed by atoms with E-state index >= 15 is 0 Å². The molecule has 1 aromatic rings. The normalized spacial score (nSPS) is 10.7. The molecule has 1 rings (SSSR count). The highest BCUT2D eigenvalue weighted by molar-refractivity contribution is 5.77. The minimum absolute atomic E-state index is 1.24. The van der Waals surface area contributed by atoms with E-state index in [0.29, 0.717) is 0 Å². The second kappa shape index (κ2) is 4.04. The highest BCUT2D eigenvalue weighted by Crippen LogP contribution is 2.18. The van der Waals surface area contributed by atoms with Gasteiger partial charge in [0, 0.05) is 6.21 Å². The van der Waals surface area contributed by atoms with E-state index < -0.39 is 0 Å². The standard InChI is InChI=1S/C12H15N/c1-9-6-7-10(2)12(11(9)3)5-4-8-13/h4-8,13H,1-3H3/b5-4-,13-8?. The summed E-state index contributed by atoms with van der Waals surface area (Å²) in [5, 5.41) is 6.93. The lowest BCUT2D eigenvalue weighted by Crippen LogP contribution is -1.89. The summed E-state index contributed by atoms with van der Waals surface area (Å²) < 4.78 is 0. The molecule has 0 saturated carbocycles. The van der Waals surface area contributed by atoms with Crippen molar-refractivity contribution in [1.82, 2.24) is 0 Å². The van der Waals surface area contributed by atoms with E-state index in [1.807, 2.05) is 6.08 Å². The Labute approximate surface area is 79.6 Å². The van der Waals surface area contributed by atoms with E-state index in [9.17, 15) is 0 Å². The number of rotatable bonds is 2. The van der Waals surface area contributed by atoms with E-state index in [2.05, 4.69) is 32.9 Å². The second-order valence-corrected chi connectivity index (χ2v) is 3.26. The average Bonchev–Trinajstić information content (AvgIpc) is 2.12. The predicted octanol–water partition coefficient (Wildman–Crippen LogP) is 3.27. The Morgan fingerprint density at radius 2 is 1.69 bits per heavy atom. The van der Waals surface area contributed by atoms with Crippen molar-refractivity contribution in [2.24, 2.45) is 0 Å². The lowest BCUT2D eigenvalue weighted by atomic mass is 9.98. The summed E-state index contributed by atoms with van der Waals surface area (Å²) in [6, 6.07) is 4.25. The van der Waals surface area contributed by atoms with Crippen molar-refractivity contribution < 1.29 is 0 Å². The summed E-state index contributed by atoms with van der Waals surface area (Å²) in [5.74, 6) is 0. The molecule has 0 radical (unpaired) electrons.